The molecular weight excluding hydrogens is 2020 g/mol. The Morgan fingerprint density at radius 3 is 1.22 bits per heavy atom. The first-order valence-corrected chi connectivity index (χ1v) is 55.4. The zero-order valence-electron chi connectivity index (χ0n) is 67.6. The van der Waals surface area contributed by atoms with Crippen molar-refractivity contribution in [1.29, 1.82) is 0 Å². The van der Waals surface area contributed by atoms with Gasteiger partial charge in [0.05, 0.1) is 120 Å². The minimum absolute atomic E-state index is 0.00245. The molecule has 716 valence electrons. The van der Waals surface area contributed by atoms with Gasteiger partial charge in [-0.2, -0.15) is 19.6 Å². The molecule has 0 amide bonds. The van der Waals surface area contributed by atoms with Crippen LogP contribution in [0.3, 0.4) is 0 Å². The predicted octanol–water partition coefficient (Wildman–Crippen LogP) is 0.586. The van der Waals surface area contributed by atoms with Crippen molar-refractivity contribution in [2.45, 2.75) is 147 Å². The molecule has 12 aromatic rings. The third-order valence-electron chi connectivity index (χ3n) is 23.2. The van der Waals surface area contributed by atoms with Crippen molar-refractivity contribution in [3.63, 3.8) is 0 Å². The molecule has 57 nitrogen and oxygen atoms in total. The van der Waals surface area contributed by atoms with E-state index in [9.17, 15) is 43.4 Å². The summed E-state index contributed by atoms with van der Waals surface area (Å²) in [7, 11) is 0. The van der Waals surface area contributed by atoms with Crippen molar-refractivity contribution in [2.75, 3.05) is 87.3 Å². The van der Waals surface area contributed by atoms with Crippen LogP contribution in [-0.2, 0) is 156 Å². The highest BCUT2D eigenvalue weighted by molar-refractivity contribution is 8.44. The van der Waals surface area contributed by atoms with Gasteiger partial charge in [-0.3, -0.25) is 74.8 Å². The Hall–Kier alpha value is -7.60. The fourth-order valence-electron chi connectivity index (χ4n) is 17.3. The van der Waals surface area contributed by atoms with Crippen molar-refractivity contribution in [3.8, 4) is 0 Å². The Balaban J connectivity index is 0.000000121. The molecule has 0 saturated carbocycles. The van der Waals surface area contributed by atoms with E-state index in [4.69, 9.17) is 186 Å². The lowest BCUT2D eigenvalue weighted by atomic mass is 10.0. The monoisotopic (exact) mass is 2090 g/mol. The van der Waals surface area contributed by atoms with Gasteiger partial charge in [0.2, 0.25) is 17.8 Å². The largest absolute Gasteiger partial charge is 0.397 e. The summed E-state index contributed by atoms with van der Waals surface area (Å²) in [6, 6.07) is 4.75. The van der Waals surface area contributed by atoms with E-state index in [1.807, 2.05) is 0 Å². The molecule has 23 heterocycles. The molecule has 20 N–H and O–H groups in total. The minimum atomic E-state index is -4.15. The second-order valence-electron chi connectivity index (χ2n) is 31.8. The number of alkyl halides is 1. The van der Waals surface area contributed by atoms with Crippen LogP contribution in [0.15, 0.2) is 82.8 Å². The number of H-pyrrole nitrogens is 3. The molecule has 11 saturated heterocycles. The first-order chi connectivity index (χ1) is 63.7. The minimum Gasteiger partial charge on any atom is -0.397 e. The number of hydrogen-bond acceptors (Lipinski definition) is 48. The van der Waals surface area contributed by atoms with Crippen molar-refractivity contribution in [2.24, 2.45) is 0 Å². The Kier molecular flexibility index (Phi) is 24.0. The van der Waals surface area contributed by atoms with E-state index < -0.39 is 198 Å². The Labute approximate surface area is 776 Å². The van der Waals surface area contributed by atoms with Crippen LogP contribution in [0, 0.1) is 0 Å². The van der Waals surface area contributed by atoms with E-state index in [0.717, 1.165) is 4.68 Å². The molecular formula is C64H73FN28O29P6S6. The molecule has 0 radical (unpaired) electrons. The molecule has 0 spiro atoms. The summed E-state index contributed by atoms with van der Waals surface area (Å²) < 4.78 is 157. The Bertz CT molecular complexity index is 6940. The Morgan fingerprint density at radius 2 is 0.776 bits per heavy atom. The lowest BCUT2D eigenvalue weighted by Gasteiger charge is -2.33. The number of imidazole rings is 5. The molecule has 10 bridgehead atoms. The summed E-state index contributed by atoms with van der Waals surface area (Å²) in [5, 5.41) is 7.88. The van der Waals surface area contributed by atoms with E-state index in [1.165, 1.54) is 70.0 Å². The van der Waals surface area contributed by atoms with Crippen LogP contribution in [0.2, 0.25) is 0 Å². The molecule has 0 aromatic carbocycles. The van der Waals surface area contributed by atoms with Gasteiger partial charge in [-0.05, 0) is 77.2 Å². The van der Waals surface area contributed by atoms with Crippen LogP contribution in [0.5, 0.6) is 0 Å². The maximum absolute atomic E-state index is 16.0. The standard InChI is InChI=1S/2C22H25N9O10P2S2.C20H23FN10O9P2S2/c2*23-10-1-2-25-16-12(10)26-7-30(16)20-14-15-22(39-20,5-35-14)6-37-43(34,45)40-11-3-9(4-36-42(33,44)41-15)38-19(11)31-8-27-13-17(31)28-21(24)29-18(13)32;21-11-14-10(38-19(11)31-15-12(28-29-31)8(22)1-2-24-15)5-36-41(33,43)39-9-3-7(4-35-42(34,44)40-14)37-18(9)30-6-25-13-16(30)26-20(23)27-17(13)32/h2*1-2,7-9,11,14-15,19-20H,3-6H2,(H2,23,25)(H,33,44)(H,34,45)(H3,24,28,29,32);1-2,6-7,9-11,14,18-19H,3-5H2,(H2,22,24)(H,33,43)(H,34,44)(H3,23,26,27,32)/t2*9-,11+,14+,15-,19+,20+,22+,42?,43?;7-,9+,10+,11-,14+,18+,19+,41?,42?/m000/s1. The fourth-order valence-corrected chi connectivity index (χ4v) is 26.1. The highest BCUT2D eigenvalue weighted by Gasteiger charge is 2.68. The number of ether oxygens (including phenoxy) is 8. The SMILES string of the molecule is Nc1nc2c(ncn2[C@@H]2O[C@@H]3COP(O)(=S)O[C@H]4[C@H](F)[C@H](n5nnc6c(N)ccnc65)O[C@@H]4COP(O)(=S)O[C@@H]2C3)c(=O)[nH]1.Nc1nc2c(ncn2[C@@H]2O[C@@H]3COP(O)(=S)O[C@H]4[C@H]5OC[C@]4(COP(=O)(S)O[C@@H]2C3)O[C@H]5n2cnc3c(N)ccnc32)c(=O)[nH]1.Nc1nc2c(ncn2[C@@H]2O[C@@H]3COP(O)(=S)O[C@H]4[C@H]5OC[C@]4(COP(O)(=S)O[C@@H]2C3)O[C@H]5n2cnc3c(N)ccnc32)c(=O)[nH]1. The summed E-state index contributed by atoms with van der Waals surface area (Å²) in [6.45, 7) is -26.5. The first kappa shape index (κ1) is 92.7. The molecule has 23 rings (SSSR count). The first-order valence-electron chi connectivity index (χ1n) is 39.8. The number of fused-ring (bicyclic) bond motifs is 13. The zero-order valence-corrected chi connectivity index (χ0v) is 78.0. The second kappa shape index (κ2) is 34.7. The van der Waals surface area contributed by atoms with Gasteiger partial charge in [-0.1, -0.05) is 17.5 Å². The van der Waals surface area contributed by atoms with Gasteiger partial charge in [0.15, 0.2) is 99.5 Å². The quantitative estimate of drug-likeness (QED) is 0.0800. The highest BCUT2D eigenvalue weighted by Crippen LogP contribution is 2.64. The number of nitrogens with zero attached hydrogens (tertiary/aromatic N) is 19. The van der Waals surface area contributed by atoms with E-state index in [2.05, 4.69) is 92.3 Å². The fraction of sp³-hybridized carbons (Fsp3) is 0.500. The van der Waals surface area contributed by atoms with Gasteiger partial charge < -0.3 is 128 Å². The summed E-state index contributed by atoms with van der Waals surface area (Å²) in [5.74, 6) is -0.440. The van der Waals surface area contributed by atoms with E-state index in [1.54, 1.807) is 21.3 Å². The van der Waals surface area contributed by atoms with E-state index >= 15 is 4.39 Å². The van der Waals surface area contributed by atoms with Crippen LogP contribution in [-0.4, -0.2) is 276 Å². The van der Waals surface area contributed by atoms with Gasteiger partial charge in [-0.15, -0.1) is 5.10 Å². The molecule has 11 aliphatic rings. The maximum atomic E-state index is 16.0. The molecule has 134 heavy (non-hydrogen) atoms. The number of aromatic amines is 3. The highest BCUT2D eigenvalue weighted by atomic mass is 32.7. The normalized spacial score (nSPS) is 37.9. The number of anilines is 6. The second-order valence-corrected chi connectivity index (χ2v) is 48.7. The van der Waals surface area contributed by atoms with Gasteiger partial charge in [0, 0.05) is 37.9 Å². The van der Waals surface area contributed by atoms with Crippen LogP contribution in [0.4, 0.5) is 39.3 Å². The summed E-state index contributed by atoms with van der Waals surface area (Å²) >= 11 is 30.9. The number of hydrogen-bond donors (Lipinski definition) is 15. The summed E-state index contributed by atoms with van der Waals surface area (Å²) in [6.07, 6.45) is -8.22. The average Bonchev–Trinajstić information content (AvgIpc) is 1.56. The van der Waals surface area contributed by atoms with E-state index in [0.29, 0.717) is 33.7 Å². The Morgan fingerprint density at radius 1 is 0.410 bits per heavy atom. The summed E-state index contributed by atoms with van der Waals surface area (Å²) in [4.78, 5) is 146. The van der Waals surface area contributed by atoms with Crippen LogP contribution >= 0.6 is 52.6 Å². The number of thiol groups is 1. The molecule has 27 atom stereocenters. The lowest BCUT2D eigenvalue weighted by molar-refractivity contribution is -0.183. The van der Waals surface area contributed by atoms with Gasteiger partial charge in [0.25, 0.3) is 16.7 Å². The van der Waals surface area contributed by atoms with Crippen molar-refractivity contribution < 1.29 is 126 Å². The van der Waals surface area contributed by atoms with Gasteiger partial charge in [0.1, 0.15) is 77.2 Å². The maximum Gasteiger partial charge on any atom is 0.386 e. The van der Waals surface area contributed by atoms with Crippen LogP contribution < -0.4 is 51.1 Å². The van der Waals surface area contributed by atoms with Crippen molar-refractivity contribution in [3.05, 3.63) is 99.5 Å². The predicted molar refractivity (Wildman–Crippen MR) is 475 cm³/mol. The number of nitrogen functional groups attached to an aromatic ring is 6. The van der Waals surface area contributed by atoms with Crippen molar-refractivity contribution >= 4 is 214 Å². The number of halogens is 1. The van der Waals surface area contributed by atoms with Crippen molar-refractivity contribution in [1.82, 2.24) is 108 Å². The number of rotatable bonds is 6. The van der Waals surface area contributed by atoms with Crippen LogP contribution in [0.25, 0.3) is 67.0 Å². The van der Waals surface area contributed by atoms with Gasteiger partial charge in [-0.25, -0.2) is 48.8 Å². The molecule has 70 heteroatoms. The van der Waals surface area contributed by atoms with Crippen LogP contribution in [0.1, 0.15) is 56.6 Å². The van der Waals surface area contributed by atoms with Gasteiger partial charge >= 0.3 is 40.4 Å². The summed E-state index contributed by atoms with van der Waals surface area (Å²) in [5.41, 5.74) is 34.3. The third kappa shape index (κ3) is 17.4. The third-order valence-corrected chi connectivity index (χ3v) is 32.6. The average molecular weight is 2100 g/mol. The lowest BCUT2D eigenvalue weighted by Crippen LogP contribution is -2.45. The number of nitrogens with two attached hydrogens (primary N) is 6. The molecule has 12 aromatic heterocycles. The molecule has 0 aliphatic carbocycles. The number of nitrogens with one attached hydrogen (secondary N) is 3. The topological polar surface area (TPSA) is 755 Å². The zero-order chi connectivity index (χ0) is 93.6. The number of aromatic nitrogens is 22. The molecule has 11 fully saturated rings. The molecule has 11 aliphatic heterocycles. The number of pyridine rings is 3. The molecule has 6 unspecified atom stereocenters. The van der Waals surface area contributed by atoms with E-state index in [-0.39, 0.29) is 127 Å². The smallest absolute Gasteiger partial charge is 0.386 e.